The van der Waals surface area contributed by atoms with Gasteiger partial charge in [-0.2, -0.15) is 0 Å². The zero-order valence-electron chi connectivity index (χ0n) is 15.0. The Labute approximate surface area is 166 Å². The van der Waals surface area contributed by atoms with Crippen molar-refractivity contribution in [3.8, 4) is 0 Å². The number of halogens is 1. The van der Waals surface area contributed by atoms with Gasteiger partial charge in [-0.1, -0.05) is 12.1 Å². The summed E-state index contributed by atoms with van der Waals surface area (Å²) in [5.74, 6) is -0.666. The van der Waals surface area contributed by atoms with Gasteiger partial charge in [0.1, 0.15) is 0 Å². The Hall–Kier alpha value is -2.38. The number of hydrogen-bond donors (Lipinski definition) is 1. The predicted octanol–water partition coefficient (Wildman–Crippen LogP) is 3.71. The second kappa shape index (κ2) is 9.01. The number of benzene rings is 2. The molecule has 1 amide bonds. The predicted molar refractivity (Wildman–Crippen MR) is 108 cm³/mol. The summed E-state index contributed by atoms with van der Waals surface area (Å²) in [5.41, 5.74) is 2.35. The van der Waals surface area contributed by atoms with Gasteiger partial charge in [0.2, 0.25) is 0 Å². The van der Waals surface area contributed by atoms with E-state index >= 15 is 0 Å². The van der Waals surface area contributed by atoms with Crippen LogP contribution in [0, 0.1) is 0 Å². The third kappa shape index (κ3) is 4.67. The van der Waals surface area contributed by atoms with Crippen LogP contribution in [0.25, 0.3) is 0 Å². The molecule has 142 valence electrons. The summed E-state index contributed by atoms with van der Waals surface area (Å²) in [6.07, 6.45) is 0. The maximum atomic E-state index is 12.8. The van der Waals surface area contributed by atoms with Gasteiger partial charge >= 0.3 is 5.97 Å². The molecule has 0 bridgehead atoms. The molecule has 1 aliphatic rings. The van der Waals surface area contributed by atoms with E-state index in [4.69, 9.17) is 9.47 Å². The van der Waals surface area contributed by atoms with Gasteiger partial charge in [0.05, 0.1) is 42.3 Å². The molecular formula is C20H21BrN2O4. The molecule has 2 aromatic carbocycles. The molecule has 1 heterocycles. The van der Waals surface area contributed by atoms with Crippen LogP contribution in [0.1, 0.15) is 27.6 Å². The molecule has 6 nitrogen and oxygen atoms in total. The van der Waals surface area contributed by atoms with Crippen molar-refractivity contribution in [2.45, 2.75) is 6.92 Å². The maximum Gasteiger partial charge on any atom is 0.338 e. The molecule has 0 atom stereocenters. The number of rotatable bonds is 5. The van der Waals surface area contributed by atoms with Crippen molar-refractivity contribution in [1.29, 1.82) is 0 Å². The smallest absolute Gasteiger partial charge is 0.338 e. The molecule has 3 rings (SSSR count). The molecule has 0 spiro atoms. The highest BCUT2D eigenvalue weighted by Crippen LogP contribution is 2.29. The maximum absolute atomic E-state index is 12.8. The number of nitrogens with one attached hydrogen (secondary N) is 1. The lowest BCUT2D eigenvalue weighted by molar-refractivity contribution is 0.0526. The molecule has 0 saturated carbocycles. The van der Waals surface area contributed by atoms with Crippen LogP contribution < -0.4 is 10.2 Å². The van der Waals surface area contributed by atoms with Crippen molar-refractivity contribution < 1.29 is 19.1 Å². The number of nitrogens with zero attached hydrogens (tertiary/aromatic N) is 1. The van der Waals surface area contributed by atoms with Crippen LogP contribution in [0.3, 0.4) is 0 Å². The average molecular weight is 433 g/mol. The Morgan fingerprint density at radius 1 is 1.19 bits per heavy atom. The Morgan fingerprint density at radius 3 is 2.63 bits per heavy atom. The van der Waals surface area contributed by atoms with Gasteiger partial charge in [0.25, 0.3) is 5.91 Å². The van der Waals surface area contributed by atoms with E-state index in [0.717, 1.165) is 18.8 Å². The summed E-state index contributed by atoms with van der Waals surface area (Å²) in [5, 5.41) is 2.94. The van der Waals surface area contributed by atoms with Gasteiger partial charge in [-0.05, 0) is 53.2 Å². The fourth-order valence-corrected chi connectivity index (χ4v) is 3.36. The highest BCUT2D eigenvalue weighted by Gasteiger charge is 2.19. The van der Waals surface area contributed by atoms with Gasteiger partial charge in [-0.25, -0.2) is 4.79 Å². The number of ether oxygens (including phenoxy) is 2. The SMILES string of the molecule is CCOC(=O)c1ccc(N2CCOCC2)c(NC(=O)c2ccccc2Br)c1. The second-order valence-electron chi connectivity index (χ2n) is 5.99. The molecule has 2 aromatic rings. The van der Waals surface area contributed by atoms with E-state index in [1.165, 1.54) is 0 Å². The first-order valence-corrected chi connectivity index (χ1v) is 9.59. The summed E-state index contributed by atoms with van der Waals surface area (Å²) in [6, 6.07) is 12.4. The molecule has 0 aliphatic carbocycles. The van der Waals surface area contributed by atoms with E-state index in [9.17, 15) is 9.59 Å². The first-order chi connectivity index (χ1) is 13.1. The normalized spacial score (nSPS) is 13.9. The summed E-state index contributed by atoms with van der Waals surface area (Å²) in [4.78, 5) is 27.0. The minimum absolute atomic E-state index is 0.252. The number of morpholine rings is 1. The van der Waals surface area contributed by atoms with Crippen LogP contribution >= 0.6 is 15.9 Å². The lowest BCUT2D eigenvalue weighted by atomic mass is 10.1. The molecule has 0 unspecified atom stereocenters. The van der Waals surface area contributed by atoms with Gasteiger partial charge in [0.15, 0.2) is 0 Å². The van der Waals surface area contributed by atoms with Crippen molar-refractivity contribution in [3.63, 3.8) is 0 Å². The molecule has 1 saturated heterocycles. The van der Waals surface area contributed by atoms with Crippen LogP contribution in [-0.4, -0.2) is 44.8 Å². The molecule has 1 N–H and O–H groups in total. The molecule has 7 heteroatoms. The Balaban J connectivity index is 1.93. The van der Waals surface area contributed by atoms with E-state index in [2.05, 4.69) is 26.1 Å². The molecule has 0 aromatic heterocycles. The van der Waals surface area contributed by atoms with E-state index in [0.29, 0.717) is 41.1 Å². The Morgan fingerprint density at radius 2 is 1.93 bits per heavy atom. The largest absolute Gasteiger partial charge is 0.462 e. The Bertz CT molecular complexity index is 834. The zero-order chi connectivity index (χ0) is 19.2. The highest BCUT2D eigenvalue weighted by molar-refractivity contribution is 9.10. The van der Waals surface area contributed by atoms with E-state index in [-0.39, 0.29) is 5.91 Å². The zero-order valence-corrected chi connectivity index (χ0v) is 16.6. The van der Waals surface area contributed by atoms with Crippen LogP contribution in [0.5, 0.6) is 0 Å². The van der Waals surface area contributed by atoms with Crippen molar-refractivity contribution in [3.05, 3.63) is 58.1 Å². The monoisotopic (exact) mass is 432 g/mol. The molecule has 1 aliphatic heterocycles. The summed E-state index contributed by atoms with van der Waals surface area (Å²) in [6.45, 7) is 4.74. The van der Waals surface area contributed by atoms with Gasteiger partial charge in [-0.15, -0.1) is 0 Å². The first kappa shape index (κ1) is 19.4. The standard InChI is InChI=1S/C20H21BrN2O4/c1-2-27-20(25)14-7-8-18(23-9-11-26-12-10-23)17(13-14)22-19(24)15-5-3-4-6-16(15)21/h3-8,13H,2,9-12H2,1H3,(H,22,24). The van der Waals surface area contributed by atoms with E-state index < -0.39 is 5.97 Å². The minimum atomic E-state index is -0.414. The highest BCUT2D eigenvalue weighted by atomic mass is 79.9. The number of anilines is 2. The molecular weight excluding hydrogens is 412 g/mol. The van der Waals surface area contributed by atoms with E-state index in [1.54, 1.807) is 31.2 Å². The number of esters is 1. The molecule has 27 heavy (non-hydrogen) atoms. The van der Waals surface area contributed by atoms with Crippen LogP contribution in [0.2, 0.25) is 0 Å². The number of hydrogen-bond acceptors (Lipinski definition) is 5. The Kier molecular flexibility index (Phi) is 6.47. The lowest BCUT2D eigenvalue weighted by Crippen LogP contribution is -2.36. The van der Waals surface area contributed by atoms with Gasteiger partial charge < -0.3 is 19.7 Å². The topological polar surface area (TPSA) is 67.9 Å². The average Bonchev–Trinajstić information content (AvgIpc) is 2.69. The number of carbonyl (C=O) groups is 2. The van der Waals surface area contributed by atoms with Gasteiger partial charge in [0, 0.05) is 17.6 Å². The van der Waals surface area contributed by atoms with Crippen molar-refractivity contribution >= 4 is 39.2 Å². The fraction of sp³-hybridized carbons (Fsp3) is 0.300. The summed E-state index contributed by atoms with van der Waals surface area (Å²) >= 11 is 3.40. The van der Waals surface area contributed by atoms with Crippen molar-refractivity contribution in [2.75, 3.05) is 43.1 Å². The van der Waals surface area contributed by atoms with Crippen molar-refractivity contribution in [1.82, 2.24) is 0 Å². The fourth-order valence-electron chi connectivity index (χ4n) is 2.89. The second-order valence-corrected chi connectivity index (χ2v) is 6.84. The third-order valence-corrected chi connectivity index (χ3v) is 4.92. The third-order valence-electron chi connectivity index (χ3n) is 4.23. The van der Waals surface area contributed by atoms with Crippen LogP contribution in [-0.2, 0) is 9.47 Å². The lowest BCUT2D eigenvalue weighted by Gasteiger charge is -2.30. The summed E-state index contributed by atoms with van der Waals surface area (Å²) < 4.78 is 11.2. The van der Waals surface area contributed by atoms with Gasteiger partial charge in [-0.3, -0.25) is 4.79 Å². The molecule has 1 fully saturated rings. The number of carbonyl (C=O) groups excluding carboxylic acids is 2. The van der Waals surface area contributed by atoms with Crippen LogP contribution in [0.15, 0.2) is 46.9 Å². The van der Waals surface area contributed by atoms with Crippen LogP contribution in [0.4, 0.5) is 11.4 Å². The summed E-state index contributed by atoms with van der Waals surface area (Å²) in [7, 11) is 0. The molecule has 0 radical (unpaired) electrons. The van der Waals surface area contributed by atoms with E-state index in [1.807, 2.05) is 18.2 Å². The van der Waals surface area contributed by atoms with Crippen molar-refractivity contribution in [2.24, 2.45) is 0 Å². The quantitative estimate of drug-likeness (QED) is 0.729. The minimum Gasteiger partial charge on any atom is -0.462 e. The number of amides is 1. The first-order valence-electron chi connectivity index (χ1n) is 8.80.